The molecule has 0 radical (unpaired) electrons. The third-order valence-corrected chi connectivity index (χ3v) is 2.63. The number of aliphatic hydroxyl groups excluding tert-OH is 1. The van der Waals surface area contributed by atoms with Crippen molar-refractivity contribution < 1.29 is 5.11 Å². The fourth-order valence-corrected chi connectivity index (χ4v) is 1.61. The minimum absolute atomic E-state index is 0.260. The molecule has 0 amide bonds. The van der Waals surface area contributed by atoms with Gasteiger partial charge in [-0.05, 0) is 19.3 Å². The van der Waals surface area contributed by atoms with Crippen LogP contribution in [0.25, 0.3) is 0 Å². The van der Waals surface area contributed by atoms with E-state index in [0.717, 1.165) is 19.3 Å². The van der Waals surface area contributed by atoms with Gasteiger partial charge in [0, 0.05) is 25.2 Å². The van der Waals surface area contributed by atoms with E-state index in [4.69, 9.17) is 10.8 Å². The molecule has 0 fully saturated rings. The molecule has 0 bridgehead atoms. The van der Waals surface area contributed by atoms with Gasteiger partial charge in [0.15, 0.2) is 0 Å². The number of nitrogens with two attached hydrogens (primary N) is 1. The van der Waals surface area contributed by atoms with Gasteiger partial charge in [-0.15, -0.1) is 0 Å². The second kappa shape index (κ2) is 9.44. The zero-order valence-electron chi connectivity index (χ0n) is 9.63. The quantitative estimate of drug-likeness (QED) is 0.527. The first-order chi connectivity index (χ1) is 6.78. The summed E-state index contributed by atoms with van der Waals surface area (Å²) in [5.74, 6) is 0. The Morgan fingerprint density at radius 1 is 1.21 bits per heavy atom. The predicted octanol–water partition coefficient (Wildman–Crippen LogP) is 1.25. The summed E-state index contributed by atoms with van der Waals surface area (Å²) in [5.41, 5.74) is 5.69. The van der Waals surface area contributed by atoms with Gasteiger partial charge in [-0.2, -0.15) is 0 Å². The van der Waals surface area contributed by atoms with Gasteiger partial charge in [0.05, 0.1) is 0 Å². The summed E-state index contributed by atoms with van der Waals surface area (Å²) in [5, 5.41) is 12.4. The molecule has 2 unspecified atom stereocenters. The lowest BCUT2D eigenvalue weighted by Gasteiger charge is -2.23. The Morgan fingerprint density at radius 2 is 1.93 bits per heavy atom. The van der Waals surface area contributed by atoms with Crippen LogP contribution in [-0.2, 0) is 0 Å². The Hall–Kier alpha value is -0.120. The Bertz CT molecular complexity index is 120. The summed E-state index contributed by atoms with van der Waals surface area (Å²) < 4.78 is 0. The Balaban J connectivity index is 3.75. The van der Waals surface area contributed by atoms with E-state index in [9.17, 15) is 0 Å². The van der Waals surface area contributed by atoms with Gasteiger partial charge in [-0.25, -0.2) is 0 Å². The predicted molar refractivity (Wildman–Crippen MR) is 61.3 cm³/mol. The van der Waals surface area contributed by atoms with Crippen LogP contribution in [-0.4, -0.2) is 30.3 Å². The van der Waals surface area contributed by atoms with Crippen LogP contribution in [0.4, 0.5) is 0 Å². The molecule has 4 N–H and O–H groups in total. The molecule has 3 heteroatoms. The number of nitrogens with one attached hydrogen (secondary N) is 1. The first kappa shape index (κ1) is 13.9. The van der Waals surface area contributed by atoms with Crippen LogP contribution in [0.5, 0.6) is 0 Å². The van der Waals surface area contributed by atoms with E-state index in [1.165, 1.54) is 12.8 Å². The van der Waals surface area contributed by atoms with Crippen molar-refractivity contribution in [3.05, 3.63) is 0 Å². The van der Waals surface area contributed by atoms with E-state index in [-0.39, 0.29) is 6.61 Å². The summed E-state index contributed by atoms with van der Waals surface area (Å²) in [6, 6.07) is 0.844. The van der Waals surface area contributed by atoms with Crippen molar-refractivity contribution in [3.63, 3.8) is 0 Å². The van der Waals surface area contributed by atoms with E-state index in [2.05, 4.69) is 19.2 Å². The lowest BCUT2D eigenvalue weighted by atomic mass is 10.1. The van der Waals surface area contributed by atoms with Gasteiger partial charge in [-0.1, -0.05) is 26.7 Å². The molecular formula is C11H26N2O. The van der Waals surface area contributed by atoms with Gasteiger partial charge in [-0.3, -0.25) is 0 Å². The Labute approximate surface area is 88.1 Å². The number of hydrogen-bond acceptors (Lipinski definition) is 3. The van der Waals surface area contributed by atoms with Gasteiger partial charge in [0.25, 0.3) is 0 Å². The fraction of sp³-hybridized carbons (Fsp3) is 1.00. The molecule has 0 aliphatic heterocycles. The molecule has 14 heavy (non-hydrogen) atoms. The Morgan fingerprint density at radius 3 is 2.36 bits per heavy atom. The van der Waals surface area contributed by atoms with Crippen LogP contribution in [0.2, 0.25) is 0 Å². The molecule has 0 aliphatic carbocycles. The summed E-state index contributed by atoms with van der Waals surface area (Å²) in [6.45, 7) is 5.29. The van der Waals surface area contributed by atoms with Crippen molar-refractivity contribution in [2.75, 3.05) is 13.2 Å². The summed E-state index contributed by atoms with van der Waals surface area (Å²) in [4.78, 5) is 0. The lowest BCUT2D eigenvalue weighted by Crippen LogP contribution is -2.42. The average Bonchev–Trinajstić information content (AvgIpc) is 2.22. The zero-order chi connectivity index (χ0) is 10.8. The molecule has 0 aromatic rings. The molecule has 0 aliphatic rings. The maximum Gasteiger partial charge on any atom is 0.0445 e. The van der Waals surface area contributed by atoms with E-state index in [1.807, 2.05) is 0 Å². The maximum absolute atomic E-state index is 8.86. The van der Waals surface area contributed by atoms with Gasteiger partial charge < -0.3 is 16.2 Å². The molecular weight excluding hydrogens is 176 g/mol. The summed E-state index contributed by atoms with van der Waals surface area (Å²) >= 11 is 0. The standard InChI is InChI=1S/C11H26N2O/c1-3-5-6-11(9-12)13-10(4-2)7-8-14/h10-11,13-14H,3-9,12H2,1-2H3. The van der Waals surface area contributed by atoms with Crippen LogP contribution >= 0.6 is 0 Å². The van der Waals surface area contributed by atoms with Gasteiger partial charge in [0.1, 0.15) is 0 Å². The molecule has 86 valence electrons. The topological polar surface area (TPSA) is 58.3 Å². The molecule has 0 saturated heterocycles. The zero-order valence-corrected chi connectivity index (χ0v) is 9.63. The Kier molecular flexibility index (Phi) is 9.35. The third kappa shape index (κ3) is 6.35. The average molecular weight is 202 g/mol. The highest BCUT2D eigenvalue weighted by atomic mass is 16.3. The number of hydrogen-bond donors (Lipinski definition) is 3. The summed E-state index contributed by atoms with van der Waals surface area (Å²) in [7, 11) is 0. The SMILES string of the molecule is CCCCC(CN)NC(CC)CCO. The van der Waals surface area contributed by atoms with Crippen molar-refractivity contribution in [1.29, 1.82) is 0 Å². The minimum atomic E-state index is 0.260. The monoisotopic (exact) mass is 202 g/mol. The van der Waals surface area contributed by atoms with Crippen molar-refractivity contribution in [3.8, 4) is 0 Å². The molecule has 3 nitrogen and oxygen atoms in total. The first-order valence-corrected chi connectivity index (χ1v) is 5.85. The van der Waals surface area contributed by atoms with Crippen LogP contribution in [0, 0.1) is 0 Å². The number of aliphatic hydroxyl groups is 1. The molecule has 0 heterocycles. The number of unbranched alkanes of at least 4 members (excludes halogenated alkanes) is 1. The first-order valence-electron chi connectivity index (χ1n) is 5.85. The van der Waals surface area contributed by atoms with E-state index in [0.29, 0.717) is 18.6 Å². The highest BCUT2D eigenvalue weighted by Gasteiger charge is 2.11. The van der Waals surface area contributed by atoms with Crippen LogP contribution in [0.3, 0.4) is 0 Å². The molecule has 0 aromatic carbocycles. The van der Waals surface area contributed by atoms with E-state index in [1.54, 1.807) is 0 Å². The largest absolute Gasteiger partial charge is 0.396 e. The molecule has 2 atom stereocenters. The minimum Gasteiger partial charge on any atom is -0.396 e. The van der Waals surface area contributed by atoms with E-state index >= 15 is 0 Å². The van der Waals surface area contributed by atoms with Gasteiger partial charge >= 0.3 is 0 Å². The van der Waals surface area contributed by atoms with Crippen molar-refractivity contribution >= 4 is 0 Å². The normalized spacial score (nSPS) is 15.4. The maximum atomic E-state index is 8.86. The van der Waals surface area contributed by atoms with Crippen molar-refractivity contribution in [1.82, 2.24) is 5.32 Å². The fourth-order valence-electron chi connectivity index (χ4n) is 1.61. The van der Waals surface area contributed by atoms with E-state index < -0.39 is 0 Å². The molecule has 0 rings (SSSR count). The van der Waals surface area contributed by atoms with Gasteiger partial charge in [0.2, 0.25) is 0 Å². The lowest BCUT2D eigenvalue weighted by molar-refractivity contribution is 0.253. The van der Waals surface area contributed by atoms with Crippen LogP contribution in [0.1, 0.15) is 46.0 Å². The molecule has 0 spiro atoms. The van der Waals surface area contributed by atoms with Crippen LogP contribution < -0.4 is 11.1 Å². The second-order valence-electron chi connectivity index (χ2n) is 3.86. The summed E-state index contributed by atoms with van der Waals surface area (Å²) in [6.07, 6.45) is 5.48. The van der Waals surface area contributed by atoms with Crippen molar-refractivity contribution in [2.45, 2.75) is 58.0 Å². The highest BCUT2D eigenvalue weighted by Crippen LogP contribution is 2.04. The molecule has 0 aromatic heterocycles. The third-order valence-electron chi connectivity index (χ3n) is 2.63. The number of rotatable bonds is 9. The molecule has 0 saturated carbocycles. The highest BCUT2D eigenvalue weighted by molar-refractivity contribution is 4.74. The smallest absolute Gasteiger partial charge is 0.0445 e. The second-order valence-corrected chi connectivity index (χ2v) is 3.86. The van der Waals surface area contributed by atoms with Crippen LogP contribution in [0.15, 0.2) is 0 Å². The van der Waals surface area contributed by atoms with Crippen molar-refractivity contribution in [2.24, 2.45) is 5.73 Å².